The Kier molecular flexibility index (Phi) is 13.6. The van der Waals surface area contributed by atoms with Crippen LogP contribution in [0.5, 0.6) is 0 Å². The van der Waals surface area contributed by atoms with Crippen LogP contribution >= 0.6 is 0 Å². The number of hydrogen-bond donors (Lipinski definition) is 1. The highest BCUT2D eigenvalue weighted by molar-refractivity contribution is 5.90. The molecule has 0 radical (unpaired) electrons. The third kappa shape index (κ3) is 16.3. The van der Waals surface area contributed by atoms with Gasteiger partial charge in [-0.3, -0.25) is 9.59 Å². The maximum Gasteiger partial charge on any atom is 0.303 e. The van der Waals surface area contributed by atoms with Gasteiger partial charge in [0.05, 0.1) is 0 Å². The Morgan fingerprint density at radius 1 is 0.905 bits per heavy atom. The molecule has 0 spiro atoms. The van der Waals surface area contributed by atoms with Crippen molar-refractivity contribution in [1.29, 1.82) is 0 Å². The summed E-state index contributed by atoms with van der Waals surface area (Å²) in [6.07, 6.45) is 19.2. The highest BCUT2D eigenvalue weighted by Crippen LogP contribution is 2.07. The summed E-state index contributed by atoms with van der Waals surface area (Å²) in [7, 11) is 0. The van der Waals surface area contributed by atoms with E-state index in [4.69, 9.17) is 5.11 Å². The molecule has 0 bridgehead atoms. The van der Waals surface area contributed by atoms with Gasteiger partial charge >= 0.3 is 5.97 Å². The number of carboxylic acid groups (broad SMARTS) is 1. The number of ketones is 1. The van der Waals surface area contributed by atoms with Crippen LogP contribution in [0.15, 0.2) is 36.5 Å². The van der Waals surface area contributed by atoms with Gasteiger partial charge in [0.1, 0.15) is 0 Å². The van der Waals surface area contributed by atoms with Gasteiger partial charge in [0, 0.05) is 12.8 Å². The normalized spacial score (nSPS) is 11.9. The lowest BCUT2D eigenvalue weighted by Crippen LogP contribution is -1.93. The van der Waals surface area contributed by atoms with E-state index in [-0.39, 0.29) is 12.2 Å². The maximum absolute atomic E-state index is 11.4. The largest absolute Gasteiger partial charge is 0.481 e. The fraction of sp³-hybridized carbons (Fsp3) is 0.556. The highest BCUT2D eigenvalue weighted by Gasteiger charge is 1.95. The zero-order valence-corrected chi connectivity index (χ0v) is 13.1. The number of hydrogen-bond acceptors (Lipinski definition) is 2. The van der Waals surface area contributed by atoms with Crippen molar-refractivity contribution in [3.05, 3.63) is 36.5 Å². The number of carbonyl (C=O) groups excluding carboxylic acids is 1. The number of aliphatic carboxylic acids is 1. The van der Waals surface area contributed by atoms with Crippen molar-refractivity contribution in [1.82, 2.24) is 0 Å². The molecule has 3 nitrogen and oxygen atoms in total. The van der Waals surface area contributed by atoms with E-state index in [1.54, 1.807) is 12.2 Å². The van der Waals surface area contributed by atoms with Gasteiger partial charge in [0.15, 0.2) is 5.78 Å². The highest BCUT2D eigenvalue weighted by atomic mass is 16.4. The lowest BCUT2D eigenvalue weighted by molar-refractivity contribution is -0.137. The van der Waals surface area contributed by atoms with Crippen LogP contribution in [-0.4, -0.2) is 16.9 Å². The molecule has 21 heavy (non-hydrogen) atoms. The molecule has 1 N–H and O–H groups in total. The predicted molar refractivity (Wildman–Crippen MR) is 87.3 cm³/mol. The second-order valence-corrected chi connectivity index (χ2v) is 5.04. The van der Waals surface area contributed by atoms with Crippen LogP contribution in [0.1, 0.15) is 64.7 Å². The molecule has 0 atom stereocenters. The summed E-state index contributed by atoms with van der Waals surface area (Å²) in [6, 6.07) is 0. The molecular formula is C18H28O3. The number of rotatable bonds is 13. The van der Waals surface area contributed by atoms with Gasteiger partial charge in [-0.15, -0.1) is 0 Å². The van der Waals surface area contributed by atoms with E-state index >= 15 is 0 Å². The van der Waals surface area contributed by atoms with Crippen molar-refractivity contribution in [2.45, 2.75) is 64.7 Å². The first-order chi connectivity index (χ1) is 10.2. The van der Waals surface area contributed by atoms with Crippen molar-refractivity contribution >= 4 is 11.8 Å². The average molecular weight is 292 g/mol. The summed E-state index contributed by atoms with van der Waals surface area (Å²) in [6.45, 7) is 2.05. The fourth-order valence-electron chi connectivity index (χ4n) is 1.84. The fourth-order valence-corrected chi connectivity index (χ4v) is 1.84. The summed E-state index contributed by atoms with van der Waals surface area (Å²) in [4.78, 5) is 21.7. The van der Waals surface area contributed by atoms with E-state index in [0.717, 1.165) is 44.9 Å². The zero-order chi connectivity index (χ0) is 15.8. The second kappa shape index (κ2) is 14.8. The van der Waals surface area contributed by atoms with Crippen LogP contribution in [-0.2, 0) is 9.59 Å². The van der Waals surface area contributed by atoms with Crippen molar-refractivity contribution in [3.63, 3.8) is 0 Å². The quantitative estimate of drug-likeness (QED) is 0.229. The van der Waals surface area contributed by atoms with E-state index in [0.29, 0.717) is 6.42 Å². The molecule has 0 aliphatic heterocycles. The lowest BCUT2D eigenvalue weighted by Gasteiger charge is -1.97. The summed E-state index contributed by atoms with van der Waals surface area (Å²) >= 11 is 0. The molecule has 0 aliphatic carbocycles. The Morgan fingerprint density at radius 2 is 1.62 bits per heavy atom. The first-order valence-electron chi connectivity index (χ1n) is 7.89. The molecule has 0 amide bonds. The van der Waals surface area contributed by atoms with Crippen LogP contribution in [0.2, 0.25) is 0 Å². The van der Waals surface area contributed by atoms with E-state index < -0.39 is 5.97 Å². The number of allylic oxidation sites excluding steroid dienone is 6. The van der Waals surface area contributed by atoms with Crippen LogP contribution in [0.3, 0.4) is 0 Å². The van der Waals surface area contributed by atoms with Gasteiger partial charge < -0.3 is 5.11 Å². The smallest absolute Gasteiger partial charge is 0.303 e. The Hall–Kier alpha value is -1.64. The first kappa shape index (κ1) is 19.4. The minimum atomic E-state index is -0.704. The average Bonchev–Trinajstić information content (AvgIpc) is 2.44. The Balaban J connectivity index is 3.45. The Bertz CT molecular complexity index is 365. The minimum Gasteiger partial charge on any atom is -0.481 e. The van der Waals surface area contributed by atoms with Crippen LogP contribution in [0.4, 0.5) is 0 Å². The van der Waals surface area contributed by atoms with Crippen molar-refractivity contribution < 1.29 is 14.7 Å². The van der Waals surface area contributed by atoms with Crippen molar-refractivity contribution in [2.75, 3.05) is 0 Å². The van der Waals surface area contributed by atoms with Gasteiger partial charge in [-0.25, -0.2) is 0 Å². The second-order valence-electron chi connectivity index (χ2n) is 5.04. The summed E-state index contributed by atoms with van der Waals surface area (Å²) in [5, 5.41) is 8.49. The standard InChI is InChI=1S/C18H28O3/c1-2-3-11-14-17(19)15-12-9-7-5-4-6-8-10-13-16-18(20)21/h3,7,9,11-12,15H,2,4-6,8,10,13-14,16H2,1H3,(H,20,21). The number of carboxylic acids is 1. The molecule has 0 aromatic heterocycles. The Morgan fingerprint density at radius 3 is 2.33 bits per heavy atom. The van der Waals surface area contributed by atoms with Gasteiger partial charge in [0.2, 0.25) is 0 Å². The predicted octanol–water partition coefficient (Wildman–Crippen LogP) is 4.84. The SMILES string of the molecule is CCC=CCC(=O)C=CC=CCCCCCCCC(=O)O. The zero-order valence-electron chi connectivity index (χ0n) is 13.1. The van der Waals surface area contributed by atoms with E-state index in [1.165, 1.54) is 0 Å². The number of unbranched alkanes of at least 4 members (excludes halogenated alkanes) is 5. The van der Waals surface area contributed by atoms with Gasteiger partial charge in [-0.2, -0.15) is 0 Å². The molecule has 0 unspecified atom stereocenters. The molecule has 0 saturated heterocycles. The first-order valence-corrected chi connectivity index (χ1v) is 7.89. The molecule has 118 valence electrons. The van der Waals surface area contributed by atoms with Crippen molar-refractivity contribution in [2.24, 2.45) is 0 Å². The molecule has 0 saturated carbocycles. The third-order valence-electron chi connectivity index (χ3n) is 3.01. The number of carbonyl (C=O) groups is 2. The Labute approximate surface area is 128 Å². The van der Waals surface area contributed by atoms with Gasteiger partial charge in [0.25, 0.3) is 0 Å². The summed E-state index contributed by atoms with van der Waals surface area (Å²) < 4.78 is 0. The molecule has 0 rings (SSSR count). The molecule has 0 fully saturated rings. The van der Waals surface area contributed by atoms with Crippen molar-refractivity contribution in [3.8, 4) is 0 Å². The molecule has 3 heteroatoms. The van der Waals surface area contributed by atoms with Gasteiger partial charge in [-0.1, -0.05) is 56.6 Å². The van der Waals surface area contributed by atoms with Crippen LogP contribution in [0.25, 0.3) is 0 Å². The van der Waals surface area contributed by atoms with E-state index in [9.17, 15) is 9.59 Å². The van der Waals surface area contributed by atoms with Gasteiger partial charge in [-0.05, 0) is 31.8 Å². The monoisotopic (exact) mass is 292 g/mol. The lowest BCUT2D eigenvalue weighted by atomic mass is 10.1. The topological polar surface area (TPSA) is 54.4 Å². The van der Waals surface area contributed by atoms with Crippen LogP contribution < -0.4 is 0 Å². The summed E-state index contributed by atoms with van der Waals surface area (Å²) in [5.74, 6) is -0.577. The molecule has 0 heterocycles. The molecule has 0 aromatic carbocycles. The summed E-state index contributed by atoms with van der Waals surface area (Å²) in [5.41, 5.74) is 0. The molecule has 0 aliphatic rings. The molecular weight excluding hydrogens is 264 g/mol. The third-order valence-corrected chi connectivity index (χ3v) is 3.01. The van der Waals surface area contributed by atoms with Crippen LogP contribution in [0, 0.1) is 0 Å². The van der Waals surface area contributed by atoms with E-state index in [1.807, 2.05) is 25.2 Å². The minimum absolute atomic E-state index is 0.128. The maximum atomic E-state index is 11.4. The van der Waals surface area contributed by atoms with E-state index in [2.05, 4.69) is 6.08 Å². The molecule has 0 aromatic rings.